The monoisotopic (exact) mass is 535 g/mol. The minimum Gasteiger partial charge on any atom is -0.378 e. The molecule has 9 heteroatoms. The Bertz CT molecular complexity index is 1280. The Labute approximate surface area is 223 Å². The van der Waals surface area contributed by atoms with Gasteiger partial charge in [-0.15, -0.1) is 0 Å². The largest absolute Gasteiger partial charge is 0.378 e. The lowest BCUT2D eigenvalue weighted by molar-refractivity contribution is -0.123. The summed E-state index contributed by atoms with van der Waals surface area (Å²) < 4.78 is 31.3. The van der Waals surface area contributed by atoms with Gasteiger partial charge in [-0.25, -0.2) is 13.2 Å². The number of sulfone groups is 1. The van der Waals surface area contributed by atoms with Crippen molar-refractivity contribution >= 4 is 21.8 Å². The van der Waals surface area contributed by atoms with Gasteiger partial charge in [-0.1, -0.05) is 78.9 Å². The number of hydrogen-bond acceptors (Lipinski definition) is 5. The van der Waals surface area contributed by atoms with Crippen molar-refractivity contribution in [3.63, 3.8) is 0 Å². The second-order valence-corrected chi connectivity index (χ2v) is 11.3. The molecule has 1 fully saturated rings. The van der Waals surface area contributed by atoms with E-state index >= 15 is 0 Å². The zero-order valence-electron chi connectivity index (χ0n) is 21.2. The van der Waals surface area contributed by atoms with Crippen molar-refractivity contribution in [2.75, 3.05) is 32.1 Å². The first-order chi connectivity index (χ1) is 18.4. The molecule has 8 nitrogen and oxygen atoms in total. The summed E-state index contributed by atoms with van der Waals surface area (Å²) in [5.41, 5.74) is 1.69. The molecule has 0 unspecified atom stereocenters. The molecule has 2 atom stereocenters. The zero-order valence-corrected chi connectivity index (χ0v) is 22.0. The lowest BCUT2D eigenvalue weighted by Gasteiger charge is -2.30. The molecular formula is C29H33N3O5S. The number of nitrogens with zero attached hydrogens (tertiary/aromatic N) is 1. The Balaban J connectivity index is 1.52. The summed E-state index contributed by atoms with van der Waals surface area (Å²) >= 11 is 0. The van der Waals surface area contributed by atoms with Crippen LogP contribution in [0.3, 0.4) is 0 Å². The van der Waals surface area contributed by atoms with E-state index in [9.17, 15) is 18.0 Å². The van der Waals surface area contributed by atoms with Crippen molar-refractivity contribution in [3.05, 3.63) is 102 Å². The highest BCUT2D eigenvalue weighted by Crippen LogP contribution is 2.21. The zero-order chi connectivity index (χ0) is 26.8. The van der Waals surface area contributed by atoms with Crippen LogP contribution < -0.4 is 10.6 Å². The number of ether oxygens (including phenoxy) is 1. The van der Waals surface area contributed by atoms with Crippen LogP contribution in [-0.4, -0.2) is 63.4 Å². The van der Waals surface area contributed by atoms with Gasteiger partial charge in [0.2, 0.25) is 5.91 Å². The van der Waals surface area contributed by atoms with Crippen molar-refractivity contribution in [3.8, 4) is 0 Å². The molecule has 1 heterocycles. The molecule has 0 aromatic heterocycles. The number of hydrogen-bond donors (Lipinski definition) is 2. The fourth-order valence-corrected chi connectivity index (χ4v) is 5.72. The van der Waals surface area contributed by atoms with Gasteiger partial charge in [0.15, 0.2) is 9.84 Å². The third kappa shape index (κ3) is 7.66. The maximum absolute atomic E-state index is 13.6. The van der Waals surface area contributed by atoms with E-state index in [1.54, 1.807) is 35.2 Å². The Hall–Kier alpha value is -3.69. The van der Waals surface area contributed by atoms with E-state index in [-0.39, 0.29) is 29.0 Å². The van der Waals surface area contributed by atoms with Crippen LogP contribution >= 0.6 is 0 Å². The van der Waals surface area contributed by atoms with E-state index < -0.39 is 21.9 Å². The molecule has 200 valence electrons. The Morgan fingerprint density at radius 1 is 0.816 bits per heavy atom. The Morgan fingerprint density at radius 3 is 2.03 bits per heavy atom. The highest BCUT2D eigenvalue weighted by atomic mass is 32.2. The van der Waals surface area contributed by atoms with E-state index in [0.29, 0.717) is 32.7 Å². The van der Waals surface area contributed by atoms with E-state index in [1.807, 2.05) is 60.7 Å². The van der Waals surface area contributed by atoms with Crippen LogP contribution in [0.25, 0.3) is 0 Å². The summed E-state index contributed by atoms with van der Waals surface area (Å²) in [4.78, 5) is 28.5. The maximum Gasteiger partial charge on any atom is 0.318 e. The molecule has 4 rings (SSSR count). The number of carbonyl (C=O) groups excluding carboxylic acids is 2. The molecule has 3 aromatic rings. The number of benzene rings is 3. The van der Waals surface area contributed by atoms with Crippen molar-refractivity contribution < 1.29 is 22.7 Å². The molecule has 3 aromatic carbocycles. The van der Waals surface area contributed by atoms with Gasteiger partial charge in [-0.2, -0.15) is 0 Å². The molecule has 0 saturated carbocycles. The predicted molar refractivity (Wildman–Crippen MR) is 145 cm³/mol. The Kier molecular flexibility index (Phi) is 9.51. The molecule has 3 amide bonds. The molecule has 1 saturated heterocycles. The van der Waals surface area contributed by atoms with E-state index in [1.165, 1.54) is 0 Å². The predicted octanol–water partition coefficient (Wildman–Crippen LogP) is 3.36. The number of carbonyl (C=O) groups is 2. The summed E-state index contributed by atoms with van der Waals surface area (Å²) in [6, 6.07) is 25.3. The summed E-state index contributed by atoms with van der Waals surface area (Å²) in [6.45, 7) is 1.81. The SMILES string of the molecule is O=C(N[C@@H](CCS(=O)(=O)c1ccccc1)c1ccccc1)[C@H](Cc1ccccc1)NC(=O)N1CCOCC1. The van der Waals surface area contributed by atoms with Crippen molar-refractivity contribution in [2.45, 2.75) is 29.8 Å². The standard InChI is InChI=1S/C29H33N3O5S/c33-28(27(22-23-10-4-1-5-11-23)31-29(34)32-17-19-37-20-18-32)30-26(24-12-6-2-7-13-24)16-21-38(35,36)25-14-8-3-9-15-25/h1-15,26-27H,16-22H2,(H,30,33)(H,31,34)/t26-,27-/m0/s1. The van der Waals surface area contributed by atoms with E-state index in [2.05, 4.69) is 10.6 Å². The van der Waals surface area contributed by atoms with Crippen molar-refractivity contribution in [1.82, 2.24) is 15.5 Å². The number of amides is 3. The lowest BCUT2D eigenvalue weighted by Crippen LogP contribution is -2.54. The minimum absolute atomic E-state index is 0.139. The van der Waals surface area contributed by atoms with Gasteiger partial charge in [0.1, 0.15) is 6.04 Å². The topological polar surface area (TPSA) is 105 Å². The third-order valence-electron chi connectivity index (χ3n) is 6.49. The first-order valence-electron chi connectivity index (χ1n) is 12.7. The van der Waals surface area contributed by atoms with E-state index in [0.717, 1.165) is 11.1 Å². The lowest BCUT2D eigenvalue weighted by atomic mass is 10.0. The quantitative estimate of drug-likeness (QED) is 0.414. The molecule has 1 aliphatic rings. The van der Waals surface area contributed by atoms with Crippen LogP contribution in [0.15, 0.2) is 95.9 Å². The molecule has 0 aliphatic carbocycles. The van der Waals surface area contributed by atoms with Crippen LogP contribution in [-0.2, 0) is 25.8 Å². The maximum atomic E-state index is 13.6. The van der Waals surface area contributed by atoms with Gasteiger partial charge in [0, 0.05) is 19.5 Å². The normalized spacial score (nSPS) is 15.3. The molecule has 0 radical (unpaired) electrons. The Morgan fingerprint density at radius 2 is 1.39 bits per heavy atom. The number of nitrogens with one attached hydrogen (secondary N) is 2. The summed E-state index contributed by atoms with van der Waals surface area (Å²) in [6.07, 6.45) is 0.481. The van der Waals surface area contributed by atoms with Crippen LogP contribution in [0.5, 0.6) is 0 Å². The second-order valence-electron chi connectivity index (χ2n) is 9.18. The average molecular weight is 536 g/mol. The number of urea groups is 1. The van der Waals surface area contributed by atoms with Gasteiger partial charge in [-0.05, 0) is 29.7 Å². The van der Waals surface area contributed by atoms with Crippen LogP contribution in [0.1, 0.15) is 23.6 Å². The average Bonchev–Trinajstić information content (AvgIpc) is 2.96. The minimum atomic E-state index is -3.54. The summed E-state index contributed by atoms with van der Waals surface area (Å²) in [7, 11) is -3.54. The second kappa shape index (κ2) is 13.2. The highest BCUT2D eigenvalue weighted by molar-refractivity contribution is 7.91. The third-order valence-corrected chi connectivity index (χ3v) is 8.25. The first kappa shape index (κ1) is 27.3. The molecule has 38 heavy (non-hydrogen) atoms. The summed E-state index contributed by atoms with van der Waals surface area (Å²) in [5, 5.41) is 5.92. The van der Waals surface area contributed by atoms with Gasteiger partial charge < -0.3 is 20.3 Å². The molecule has 1 aliphatic heterocycles. The van der Waals surface area contributed by atoms with Crippen molar-refractivity contribution in [2.24, 2.45) is 0 Å². The van der Waals surface area contributed by atoms with Gasteiger partial charge in [-0.3, -0.25) is 4.79 Å². The molecular weight excluding hydrogens is 502 g/mol. The molecule has 0 spiro atoms. The smallest absolute Gasteiger partial charge is 0.318 e. The fraction of sp³-hybridized carbons (Fsp3) is 0.310. The van der Waals surface area contributed by atoms with E-state index in [4.69, 9.17) is 4.74 Å². The van der Waals surface area contributed by atoms with Crippen LogP contribution in [0.2, 0.25) is 0 Å². The van der Waals surface area contributed by atoms with Crippen LogP contribution in [0, 0.1) is 0 Å². The molecule has 2 N–H and O–H groups in total. The number of morpholine rings is 1. The highest BCUT2D eigenvalue weighted by Gasteiger charge is 2.28. The van der Waals surface area contributed by atoms with Crippen LogP contribution in [0.4, 0.5) is 4.79 Å². The van der Waals surface area contributed by atoms with Crippen molar-refractivity contribution in [1.29, 1.82) is 0 Å². The summed E-state index contributed by atoms with van der Waals surface area (Å²) in [5.74, 6) is -0.512. The molecule has 0 bridgehead atoms. The fourth-order valence-electron chi connectivity index (χ4n) is 4.36. The first-order valence-corrected chi connectivity index (χ1v) is 14.4. The van der Waals surface area contributed by atoms with Gasteiger partial charge >= 0.3 is 6.03 Å². The van der Waals surface area contributed by atoms with Gasteiger partial charge in [0.05, 0.1) is 29.9 Å². The van der Waals surface area contributed by atoms with Gasteiger partial charge in [0.25, 0.3) is 0 Å². The number of rotatable bonds is 10.